The molecule has 0 spiro atoms. The molecule has 2 aromatic heterocycles. The van der Waals surface area contributed by atoms with Crippen molar-refractivity contribution in [2.45, 2.75) is 50.5 Å². The van der Waals surface area contributed by atoms with Crippen LogP contribution >= 0.6 is 0 Å². The third-order valence-corrected chi connectivity index (χ3v) is 6.91. The minimum atomic E-state index is -3.59. The van der Waals surface area contributed by atoms with Gasteiger partial charge in [-0.2, -0.15) is 5.10 Å². The van der Waals surface area contributed by atoms with Crippen molar-refractivity contribution in [3.05, 3.63) is 60.0 Å². The van der Waals surface area contributed by atoms with Gasteiger partial charge >= 0.3 is 0 Å². The smallest absolute Gasteiger partial charge is 0.240 e. The predicted octanol–water partition coefficient (Wildman–Crippen LogP) is 3.59. The van der Waals surface area contributed by atoms with Gasteiger partial charge in [-0.15, -0.1) is 0 Å². The lowest BCUT2D eigenvalue weighted by molar-refractivity contribution is 0.317. The molecule has 1 aliphatic rings. The molecule has 0 amide bonds. The molecule has 1 aliphatic carbocycles. The molecule has 7 nitrogen and oxygen atoms in total. The summed E-state index contributed by atoms with van der Waals surface area (Å²) in [5.41, 5.74) is 4.54. The lowest BCUT2D eigenvalue weighted by Gasteiger charge is -2.14. The number of sulfonamides is 1. The van der Waals surface area contributed by atoms with E-state index in [0.29, 0.717) is 18.9 Å². The van der Waals surface area contributed by atoms with Gasteiger partial charge in [0, 0.05) is 35.8 Å². The fourth-order valence-corrected chi connectivity index (χ4v) is 4.92. The Morgan fingerprint density at radius 1 is 1.06 bits per heavy atom. The highest BCUT2D eigenvalue weighted by molar-refractivity contribution is 7.89. The fraction of sp³-hybridized carbons (Fsp3) is 0.391. The van der Waals surface area contributed by atoms with Crippen LogP contribution in [0.5, 0.6) is 5.75 Å². The zero-order chi connectivity index (χ0) is 21.7. The highest BCUT2D eigenvalue weighted by Gasteiger charge is 2.22. The van der Waals surface area contributed by atoms with E-state index in [4.69, 9.17) is 9.84 Å². The average molecular weight is 441 g/mol. The topological polar surface area (TPSA) is 86.1 Å². The van der Waals surface area contributed by atoms with Crippen molar-refractivity contribution >= 4 is 10.0 Å². The van der Waals surface area contributed by atoms with E-state index < -0.39 is 10.0 Å². The van der Waals surface area contributed by atoms with Gasteiger partial charge in [0.2, 0.25) is 10.0 Å². The van der Waals surface area contributed by atoms with Gasteiger partial charge in [0.15, 0.2) is 0 Å². The Kier molecular flexibility index (Phi) is 6.67. The molecule has 0 fully saturated rings. The Morgan fingerprint density at radius 3 is 2.55 bits per heavy atom. The van der Waals surface area contributed by atoms with Crippen LogP contribution in [0, 0.1) is 0 Å². The van der Waals surface area contributed by atoms with Crippen molar-refractivity contribution in [1.29, 1.82) is 0 Å². The van der Waals surface area contributed by atoms with Crippen molar-refractivity contribution in [1.82, 2.24) is 19.5 Å². The van der Waals surface area contributed by atoms with E-state index in [1.165, 1.54) is 11.3 Å². The van der Waals surface area contributed by atoms with Crippen LogP contribution in [0.2, 0.25) is 0 Å². The largest absolute Gasteiger partial charge is 0.494 e. The Hall–Kier alpha value is -2.71. The Morgan fingerprint density at radius 2 is 1.81 bits per heavy atom. The number of fused-ring (bicyclic) bond motifs is 1. The molecule has 2 heterocycles. The molecule has 0 saturated heterocycles. The van der Waals surface area contributed by atoms with E-state index in [0.717, 1.165) is 43.4 Å². The van der Waals surface area contributed by atoms with Gasteiger partial charge in [-0.1, -0.05) is 6.92 Å². The summed E-state index contributed by atoms with van der Waals surface area (Å²) < 4.78 is 35.5. The molecule has 0 unspecified atom stereocenters. The third-order valence-electron chi connectivity index (χ3n) is 5.43. The first-order valence-corrected chi connectivity index (χ1v) is 12.3. The van der Waals surface area contributed by atoms with E-state index in [-0.39, 0.29) is 11.4 Å². The Bertz CT molecular complexity index is 1110. The van der Waals surface area contributed by atoms with Crippen LogP contribution in [-0.2, 0) is 29.4 Å². The minimum absolute atomic E-state index is 0.233. The number of pyridine rings is 1. The first-order valence-electron chi connectivity index (χ1n) is 10.8. The molecule has 8 heteroatoms. The van der Waals surface area contributed by atoms with Crippen molar-refractivity contribution in [2.75, 3.05) is 13.2 Å². The lowest BCUT2D eigenvalue weighted by atomic mass is 9.94. The van der Waals surface area contributed by atoms with Crippen LogP contribution in [-0.4, -0.2) is 36.3 Å². The lowest BCUT2D eigenvalue weighted by Crippen LogP contribution is -2.28. The second kappa shape index (κ2) is 9.62. The fourth-order valence-electron chi connectivity index (χ4n) is 3.90. The molecular formula is C23H28N4O3S. The van der Waals surface area contributed by atoms with Crippen LogP contribution in [0.25, 0.3) is 11.3 Å². The highest BCUT2D eigenvalue weighted by Crippen LogP contribution is 2.30. The summed E-state index contributed by atoms with van der Waals surface area (Å²) >= 11 is 0. The maximum absolute atomic E-state index is 12.7. The maximum atomic E-state index is 12.7. The standard InChI is InChI=1S/C23H28N4O3S/c1-2-17-30-19-7-9-20(10-8-19)31(28,29)25-15-16-27-22-6-4-3-5-21(22)23(26-27)18-11-13-24-14-12-18/h7-14,25H,2-6,15-17H2,1H3. The molecule has 1 aromatic carbocycles. The molecule has 0 bridgehead atoms. The van der Waals surface area contributed by atoms with E-state index in [9.17, 15) is 8.42 Å². The molecule has 31 heavy (non-hydrogen) atoms. The number of aromatic nitrogens is 3. The summed E-state index contributed by atoms with van der Waals surface area (Å²) in [4.78, 5) is 4.33. The monoisotopic (exact) mass is 440 g/mol. The molecule has 1 N–H and O–H groups in total. The molecule has 0 atom stereocenters. The summed E-state index contributed by atoms with van der Waals surface area (Å²) in [6.45, 7) is 3.41. The van der Waals surface area contributed by atoms with Gasteiger partial charge in [-0.3, -0.25) is 9.67 Å². The second-order valence-corrected chi connectivity index (χ2v) is 9.42. The van der Waals surface area contributed by atoms with E-state index in [1.54, 1.807) is 36.7 Å². The number of nitrogens with zero attached hydrogens (tertiary/aromatic N) is 3. The molecular weight excluding hydrogens is 412 g/mol. The SMILES string of the molecule is CCCOc1ccc(S(=O)(=O)NCCn2nc(-c3ccncc3)c3c2CCCC3)cc1. The van der Waals surface area contributed by atoms with Gasteiger partial charge in [-0.05, 0) is 68.5 Å². The molecule has 164 valence electrons. The van der Waals surface area contributed by atoms with Crippen LogP contribution in [0.1, 0.15) is 37.4 Å². The Balaban J connectivity index is 1.45. The van der Waals surface area contributed by atoms with Crippen molar-refractivity contribution in [2.24, 2.45) is 0 Å². The van der Waals surface area contributed by atoms with E-state index in [2.05, 4.69) is 9.71 Å². The number of ether oxygens (including phenoxy) is 1. The van der Waals surface area contributed by atoms with E-state index >= 15 is 0 Å². The Labute approximate surface area is 183 Å². The van der Waals surface area contributed by atoms with Crippen LogP contribution in [0.15, 0.2) is 53.7 Å². The minimum Gasteiger partial charge on any atom is -0.494 e. The molecule has 4 rings (SSSR count). The normalized spacial score (nSPS) is 13.7. The molecule has 0 radical (unpaired) electrons. The highest BCUT2D eigenvalue weighted by atomic mass is 32.2. The zero-order valence-corrected chi connectivity index (χ0v) is 18.6. The maximum Gasteiger partial charge on any atom is 0.240 e. The molecule has 0 saturated carbocycles. The van der Waals surface area contributed by atoms with Crippen LogP contribution < -0.4 is 9.46 Å². The zero-order valence-electron chi connectivity index (χ0n) is 17.8. The quantitative estimate of drug-likeness (QED) is 0.550. The third kappa shape index (κ3) is 4.97. The van der Waals surface area contributed by atoms with Gasteiger partial charge in [0.1, 0.15) is 5.75 Å². The summed E-state index contributed by atoms with van der Waals surface area (Å²) in [5, 5.41) is 4.83. The predicted molar refractivity (Wildman–Crippen MR) is 120 cm³/mol. The summed E-state index contributed by atoms with van der Waals surface area (Å²) in [6.07, 6.45) is 8.72. The molecule has 3 aromatic rings. The van der Waals surface area contributed by atoms with Gasteiger partial charge in [0.05, 0.1) is 23.7 Å². The van der Waals surface area contributed by atoms with Gasteiger partial charge in [-0.25, -0.2) is 13.1 Å². The first kappa shape index (κ1) is 21.5. The van der Waals surface area contributed by atoms with Crippen molar-refractivity contribution < 1.29 is 13.2 Å². The number of nitrogens with one attached hydrogen (secondary N) is 1. The number of rotatable bonds is 9. The first-order chi connectivity index (χ1) is 15.1. The van der Waals surface area contributed by atoms with Crippen molar-refractivity contribution in [3.63, 3.8) is 0 Å². The van der Waals surface area contributed by atoms with E-state index in [1.807, 2.05) is 23.7 Å². The summed E-state index contributed by atoms with van der Waals surface area (Å²) in [5.74, 6) is 0.674. The molecule has 0 aliphatic heterocycles. The summed E-state index contributed by atoms with van der Waals surface area (Å²) in [6, 6.07) is 10.5. The summed E-state index contributed by atoms with van der Waals surface area (Å²) in [7, 11) is -3.59. The second-order valence-electron chi connectivity index (χ2n) is 7.66. The number of hydrogen-bond donors (Lipinski definition) is 1. The van der Waals surface area contributed by atoms with Crippen LogP contribution in [0.3, 0.4) is 0 Å². The van der Waals surface area contributed by atoms with Crippen LogP contribution in [0.4, 0.5) is 0 Å². The average Bonchev–Trinajstić information content (AvgIpc) is 3.17. The van der Waals surface area contributed by atoms with Crippen molar-refractivity contribution in [3.8, 4) is 17.0 Å². The number of benzene rings is 1. The number of hydrogen-bond acceptors (Lipinski definition) is 5. The van der Waals surface area contributed by atoms with Gasteiger partial charge in [0.25, 0.3) is 0 Å². The van der Waals surface area contributed by atoms with Gasteiger partial charge < -0.3 is 4.74 Å².